The molecule has 33 heavy (non-hydrogen) atoms. The average molecular weight is 467 g/mol. The monoisotopic (exact) mass is 467 g/mol. The lowest BCUT2D eigenvalue weighted by atomic mass is 9.87. The number of aryl methyl sites for hydroxylation is 1. The normalized spacial score (nSPS) is 14.9. The average Bonchev–Trinajstić information content (AvgIpc) is 3.11. The summed E-state index contributed by atoms with van der Waals surface area (Å²) in [6.45, 7) is -0.378. The number of aromatic nitrogens is 1. The molecule has 1 saturated heterocycles. The first-order valence-electron chi connectivity index (χ1n) is 10.2. The van der Waals surface area contributed by atoms with Crippen LogP contribution in [0.5, 0.6) is 5.75 Å². The first kappa shape index (κ1) is 24.3. The van der Waals surface area contributed by atoms with E-state index in [1.807, 2.05) is 0 Å². The van der Waals surface area contributed by atoms with E-state index in [2.05, 4.69) is 0 Å². The number of ketones is 2. The van der Waals surface area contributed by atoms with Crippen LogP contribution in [0.3, 0.4) is 0 Å². The topological polar surface area (TPSA) is 88.9 Å². The number of carbonyl (C=O) groups excluding carboxylic acids is 4. The van der Waals surface area contributed by atoms with E-state index in [9.17, 15) is 32.3 Å². The number of piperidine rings is 1. The van der Waals surface area contributed by atoms with Gasteiger partial charge in [-0.25, -0.2) is 0 Å². The van der Waals surface area contributed by atoms with Gasteiger partial charge < -0.3 is 19.1 Å². The van der Waals surface area contributed by atoms with Gasteiger partial charge in [0.05, 0.1) is 23.8 Å². The summed E-state index contributed by atoms with van der Waals surface area (Å²) < 4.78 is 45.1. The zero-order chi connectivity index (χ0) is 24.7. The van der Waals surface area contributed by atoms with E-state index in [0.29, 0.717) is 15.8 Å². The first-order valence-corrected chi connectivity index (χ1v) is 10.2. The number of hydrogen-bond donors (Lipinski definition) is 0. The van der Waals surface area contributed by atoms with Crippen LogP contribution in [0.2, 0.25) is 0 Å². The Kier molecular flexibility index (Phi) is 6.53. The summed E-state index contributed by atoms with van der Waals surface area (Å²) in [6, 6.07) is 3.07. The molecule has 0 N–H and O–H groups in total. The largest absolute Gasteiger partial charge is 0.496 e. The summed E-state index contributed by atoms with van der Waals surface area (Å²) in [4.78, 5) is 51.4. The van der Waals surface area contributed by atoms with Gasteiger partial charge in [-0.2, -0.15) is 13.2 Å². The maximum Gasteiger partial charge on any atom is 0.471 e. The Hall–Kier alpha value is -3.37. The molecule has 8 nitrogen and oxygen atoms in total. The van der Waals surface area contributed by atoms with Crippen LogP contribution in [-0.2, 0) is 16.6 Å². The molecular weight excluding hydrogens is 443 g/mol. The second-order valence-electron chi connectivity index (χ2n) is 8.18. The number of amides is 2. The van der Waals surface area contributed by atoms with Crippen LogP contribution in [0.4, 0.5) is 13.2 Å². The molecule has 11 heteroatoms. The Bertz CT molecular complexity index is 1130. The summed E-state index contributed by atoms with van der Waals surface area (Å²) >= 11 is 0. The maximum absolute atomic E-state index is 13.3. The fourth-order valence-electron chi connectivity index (χ4n) is 4.01. The van der Waals surface area contributed by atoms with Gasteiger partial charge in [-0.05, 0) is 18.9 Å². The minimum atomic E-state index is -4.95. The van der Waals surface area contributed by atoms with E-state index in [1.165, 1.54) is 33.5 Å². The molecule has 178 valence electrons. The summed E-state index contributed by atoms with van der Waals surface area (Å²) in [5, 5.41) is 0.395. The molecule has 0 bridgehead atoms. The second-order valence-corrected chi connectivity index (χ2v) is 8.18. The van der Waals surface area contributed by atoms with Crippen molar-refractivity contribution >= 4 is 34.3 Å². The van der Waals surface area contributed by atoms with Crippen LogP contribution in [0, 0.1) is 5.92 Å². The van der Waals surface area contributed by atoms with Crippen LogP contribution in [-0.4, -0.2) is 78.2 Å². The fraction of sp³-hybridized carbons (Fsp3) is 0.455. The zero-order valence-corrected chi connectivity index (χ0v) is 18.7. The van der Waals surface area contributed by atoms with Gasteiger partial charge in [0.15, 0.2) is 5.78 Å². The minimum absolute atomic E-state index is 0.0710. The smallest absolute Gasteiger partial charge is 0.471 e. The Morgan fingerprint density at radius 2 is 1.67 bits per heavy atom. The SMILES string of the molecule is COc1cc2c(cc1C(=O)C1CCN(C(=O)C(F)(F)F)CC1)c(C(=O)C(=O)N(C)C)cn2C. The third kappa shape index (κ3) is 4.57. The lowest BCUT2D eigenvalue weighted by Crippen LogP contribution is -2.46. The molecule has 0 atom stereocenters. The van der Waals surface area contributed by atoms with Gasteiger partial charge in [-0.1, -0.05) is 0 Å². The molecule has 1 aliphatic rings. The number of carbonyl (C=O) groups is 4. The number of methoxy groups -OCH3 is 1. The molecule has 0 unspecified atom stereocenters. The lowest BCUT2D eigenvalue weighted by molar-refractivity contribution is -0.186. The number of ether oxygens (including phenoxy) is 1. The second kappa shape index (κ2) is 8.87. The van der Waals surface area contributed by atoms with Crippen molar-refractivity contribution in [3.63, 3.8) is 0 Å². The van der Waals surface area contributed by atoms with Gasteiger partial charge in [-0.15, -0.1) is 0 Å². The van der Waals surface area contributed by atoms with Crippen molar-refractivity contribution in [3.8, 4) is 5.75 Å². The van der Waals surface area contributed by atoms with Crippen LogP contribution < -0.4 is 4.74 Å². The third-order valence-corrected chi connectivity index (χ3v) is 5.82. The van der Waals surface area contributed by atoms with E-state index in [1.54, 1.807) is 17.7 Å². The van der Waals surface area contributed by atoms with Crippen molar-refractivity contribution < 1.29 is 37.1 Å². The number of rotatable bonds is 5. The molecule has 1 aromatic carbocycles. The molecule has 1 fully saturated rings. The first-order chi connectivity index (χ1) is 15.4. The van der Waals surface area contributed by atoms with E-state index < -0.39 is 29.7 Å². The quantitative estimate of drug-likeness (QED) is 0.498. The highest BCUT2D eigenvalue weighted by molar-refractivity contribution is 6.44. The molecule has 2 amide bonds. The number of Topliss-reactive ketones (excluding diaryl/α,β-unsaturated/α-hetero) is 2. The standard InChI is InChI=1S/C22H24F3N3O5/c1-26(2)20(31)19(30)15-11-27(3)16-10-17(33-4)14(9-13(15)16)18(29)12-5-7-28(8-6-12)21(32)22(23,24)25/h9-12H,5-8H2,1-4H3. The number of benzene rings is 1. The van der Waals surface area contributed by atoms with Crippen molar-refractivity contribution in [2.75, 3.05) is 34.3 Å². The molecule has 1 aromatic heterocycles. The van der Waals surface area contributed by atoms with E-state index in [0.717, 1.165) is 4.90 Å². The Labute approximate surface area is 187 Å². The van der Waals surface area contributed by atoms with Crippen molar-refractivity contribution in [2.24, 2.45) is 13.0 Å². The Morgan fingerprint density at radius 1 is 1.06 bits per heavy atom. The molecular formula is C22H24F3N3O5. The number of nitrogens with zero attached hydrogens (tertiary/aromatic N) is 3. The molecule has 0 spiro atoms. The van der Waals surface area contributed by atoms with Crippen molar-refractivity contribution in [3.05, 3.63) is 29.5 Å². The van der Waals surface area contributed by atoms with E-state index in [-0.39, 0.29) is 48.6 Å². The number of fused-ring (bicyclic) bond motifs is 1. The van der Waals surface area contributed by atoms with Crippen LogP contribution >= 0.6 is 0 Å². The molecule has 2 aromatic rings. The number of halogens is 3. The van der Waals surface area contributed by atoms with Crippen molar-refractivity contribution in [1.29, 1.82) is 0 Å². The van der Waals surface area contributed by atoms with E-state index in [4.69, 9.17) is 4.74 Å². The molecule has 0 saturated carbocycles. The van der Waals surface area contributed by atoms with Crippen molar-refractivity contribution in [2.45, 2.75) is 19.0 Å². The minimum Gasteiger partial charge on any atom is -0.496 e. The molecule has 0 radical (unpaired) electrons. The van der Waals surface area contributed by atoms with Crippen molar-refractivity contribution in [1.82, 2.24) is 14.4 Å². The summed E-state index contributed by atoms with van der Waals surface area (Å²) in [5.41, 5.74) is 0.876. The fourth-order valence-corrected chi connectivity index (χ4v) is 4.01. The summed E-state index contributed by atoms with van der Waals surface area (Å²) in [5.74, 6) is -4.07. The molecule has 1 aliphatic heterocycles. The number of likely N-dealkylation sites (N-methyl/N-ethyl adjacent to an activating group) is 1. The molecule has 3 rings (SSSR count). The zero-order valence-electron chi connectivity index (χ0n) is 18.7. The van der Waals surface area contributed by atoms with Crippen LogP contribution in [0.15, 0.2) is 18.3 Å². The maximum atomic E-state index is 13.3. The highest BCUT2D eigenvalue weighted by Gasteiger charge is 2.44. The van der Waals surface area contributed by atoms with E-state index >= 15 is 0 Å². The number of likely N-dealkylation sites (tertiary alicyclic amines) is 1. The highest BCUT2D eigenvalue weighted by atomic mass is 19.4. The Morgan fingerprint density at radius 3 is 2.18 bits per heavy atom. The van der Waals surface area contributed by atoms with Gasteiger partial charge in [0.1, 0.15) is 5.75 Å². The highest BCUT2D eigenvalue weighted by Crippen LogP contribution is 2.33. The predicted octanol–water partition coefficient (Wildman–Crippen LogP) is 2.44. The third-order valence-electron chi connectivity index (χ3n) is 5.82. The summed E-state index contributed by atoms with van der Waals surface area (Å²) in [6.07, 6.45) is -3.31. The predicted molar refractivity (Wildman–Crippen MR) is 112 cm³/mol. The number of hydrogen-bond acceptors (Lipinski definition) is 5. The summed E-state index contributed by atoms with van der Waals surface area (Å²) in [7, 11) is 5.99. The van der Waals surface area contributed by atoms with Gasteiger partial charge in [-0.3, -0.25) is 19.2 Å². The Balaban J connectivity index is 1.93. The lowest BCUT2D eigenvalue weighted by Gasteiger charge is -2.31. The molecule has 2 heterocycles. The number of alkyl halides is 3. The van der Waals surface area contributed by atoms with Gasteiger partial charge in [0.2, 0.25) is 0 Å². The van der Waals surface area contributed by atoms with Crippen LogP contribution in [0.25, 0.3) is 10.9 Å². The van der Waals surface area contributed by atoms with Gasteiger partial charge in [0.25, 0.3) is 11.7 Å². The van der Waals surface area contributed by atoms with Gasteiger partial charge >= 0.3 is 12.1 Å². The van der Waals surface area contributed by atoms with Gasteiger partial charge in [0, 0.05) is 57.8 Å². The van der Waals surface area contributed by atoms with Crippen LogP contribution in [0.1, 0.15) is 33.6 Å². The molecule has 0 aliphatic carbocycles.